The van der Waals surface area contributed by atoms with Gasteiger partial charge in [-0.1, -0.05) is 18.2 Å². The number of benzene rings is 1. The molecular weight excluding hydrogens is 194 g/mol. The summed E-state index contributed by atoms with van der Waals surface area (Å²) in [5.74, 6) is 5.17. The quantitative estimate of drug-likeness (QED) is 0.597. The van der Waals surface area contributed by atoms with E-state index in [0.29, 0.717) is 0 Å². The van der Waals surface area contributed by atoms with E-state index in [2.05, 4.69) is 30.4 Å². The minimum absolute atomic E-state index is 0.758. The summed E-state index contributed by atoms with van der Waals surface area (Å²) in [5, 5.41) is 8.98. The van der Waals surface area contributed by atoms with Gasteiger partial charge < -0.3 is 0 Å². The van der Waals surface area contributed by atoms with Crippen molar-refractivity contribution < 1.29 is 0 Å². The van der Waals surface area contributed by atoms with Crippen LogP contribution in [0.2, 0.25) is 0 Å². The molecule has 0 amide bonds. The molecule has 1 aromatic carbocycles. The number of allylic oxidation sites excluding steroid dienone is 2. The third-order valence-electron chi connectivity index (χ3n) is 5.34. The van der Waals surface area contributed by atoms with E-state index in [1.807, 2.05) is 6.07 Å². The van der Waals surface area contributed by atoms with Crippen molar-refractivity contribution in [2.45, 2.75) is 11.8 Å². The predicted molar refractivity (Wildman–Crippen MR) is 59.7 cm³/mol. The summed E-state index contributed by atoms with van der Waals surface area (Å²) >= 11 is 0. The van der Waals surface area contributed by atoms with Crippen molar-refractivity contribution in [2.24, 2.45) is 23.7 Å². The summed E-state index contributed by atoms with van der Waals surface area (Å²) in [6, 6.07) is 8.63. The highest BCUT2D eigenvalue weighted by molar-refractivity contribution is 5.56. The first-order valence-electron chi connectivity index (χ1n) is 6.12. The normalized spacial score (nSPS) is 47.7. The molecule has 2 fully saturated rings. The highest BCUT2D eigenvalue weighted by Crippen LogP contribution is 2.80. The van der Waals surface area contributed by atoms with Crippen LogP contribution in [0.1, 0.15) is 28.5 Å². The predicted octanol–water partition coefficient (Wildman–Crippen LogP) is 2.80. The average molecular weight is 205 g/mol. The second-order valence-corrected chi connectivity index (χ2v) is 5.70. The van der Waals surface area contributed by atoms with Crippen LogP contribution in [0.4, 0.5) is 0 Å². The molecule has 16 heavy (non-hydrogen) atoms. The molecule has 0 radical (unpaired) electrons. The first-order chi connectivity index (χ1) is 7.90. The molecule has 4 aliphatic carbocycles. The Morgan fingerprint density at radius 1 is 0.938 bits per heavy atom. The van der Waals surface area contributed by atoms with E-state index in [0.717, 1.165) is 41.1 Å². The Hall–Kier alpha value is -1.55. The first kappa shape index (κ1) is 7.68. The molecular formula is C15H11N. The Morgan fingerprint density at radius 2 is 1.81 bits per heavy atom. The number of nitriles is 1. The molecule has 2 saturated carbocycles. The van der Waals surface area contributed by atoms with Gasteiger partial charge in [-0.05, 0) is 58.8 Å². The van der Waals surface area contributed by atoms with Gasteiger partial charge in [0.05, 0.1) is 11.6 Å². The SMILES string of the molecule is N#Cc1ccc2c(c1)[C@@H]1[C@@H]3C=C[C@@H]3[C@@H]3[C@@H]2[C@H]13. The van der Waals surface area contributed by atoms with E-state index in [4.69, 9.17) is 5.26 Å². The van der Waals surface area contributed by atoms with Gasteiger partial charge >= 0.3 is 0 Å². The van der Waals surface area contributed by atoms with E-state index < -0.39 is 0 Å². The van der Waals surface area contributed by atoms with E-state index in [9.17, 15) is 0 Å². The van der Waals surface area contributed by atoms with Gasteiger partial charge in [0.25, 0.3) is 0 Å². The van der Waals surface area contributed by atoms with Gasteiger partial charge in [-0.25, -0.2) is 0 Å². The molecule has 0 bridgehead atoms. The van der Waals surface area contributed by atoms with Crippen LogP contribution in [-0.2, 0) is 0 Å². The third kappa shape index (κ3) is 0.593. The lowest BCUT2D eigenvalue weighted by Crippen LogP contribution is -2.20. The lowest BCUT2D eigenvalue weighted by Gasteiger charge is -2.28. The summed E-state index contributed by atoms with van der Waals surface area (Å²) in [6.45, 7) is 0. The van der Waals surface area contributed by atoms with Crippen LogP contribution in [0, 0.1) is 35.0 Å². The molecule has 0 aliphatic heterocycles. The van der Waals surface area contributed by atoms with Crippen LogP contribution in [-0.4, -0.2) is 0 Å². The van der Waals surface area contributed by atoms with Crippen LogP contribution in [0.5, 0.6) is 0 Å². The van der Waals surface area contributed by atoms with Crippen LogP contribution >= 0.6 is 0 Å². The minimum atomic E-state index is 0.758. The Bertz CT molecular complexity index is 592. The fourth-order valence-electron chi connectivity index (χ4n) is 4.75. The second-order valence-electron chi connectivity index (χ2n) is 5.70. The zero-order valence-electron chi connectivity index (χ0n) is 8.80. The Balaban J connectivity index is 1.75. The van der Waals surface area contributed by atoms with E-state index in [1.165, 1.54) is 5.56 Å². The maximum absolute atomic E-state index is 8.98. The van der Waals surface area contributed by atoms with Gasteiger partial charge in [0.1, 0.15) is 0 Å². The molecule has 0 heterocycles. The number of hydrogen-bond donors (Lipinski definition) is 0. The second kappa shape index (κ2) is 2.11. The summed E-state index contributed by atoms with van der Waals surface area (Å²) in [5.41, 5.74) is 3.90. The topological polar surface area (TPSA) is 23.8 Å². The molecule has 76 valence electrons. The maximum Gasteiger partial charge on any atom is 0.0991 e. The summed E-state index contributed by atoms with van der Waals surface area (Å²) < 4.78 is 0. The highest BCUT2D eigenvalue weighted by atomic mass is 14.7. The van der Waals surface area contributed by atoms with E-state index in [-0.39, 0.29) is 0 Å². The van der Waals surface area contributed by atoms with Crippen molar-refractivity contribution in [2.75, 3.05) is 0 Å². The van der Waals surface area contributed by atoms with Gasteiger partial charge in [-0.15, -0.1) is 0 Å². The summed E-state index contributed by atoms with van der Waals surface area (Å²) in [6.07, 6.45) is 4.81. The van der Waals surface area contributed by atoms with Crippen LogP contribution in [0.15, 0.2) is 30.4 Å². The molecule has 1 nitrogen and oxygen atoms in total. The number of fused-ring (bicyclic) bond motifs is 7. The van der Waals surface area contributed by atoms with Crippen molar-refractivity contribution in [1.29, 1.82) is 5.26 Å². The lowest BCUT2D eigenvalue weighted by atomic mass is 9.76. The zero-order chi connectivity index (χ0) is 10.4. The van der Waals surface area contributed by atoms with Crippen LogP contribution < -0.4 is 0 Å². The van der Waals surface area contributed by atoms with Gasteiger partial charge in [0.15, 0.2) is 0 Å². The fraction of sp³-hybridized carbons (Fsp3) is 0.400. The molecule has 5 rings (SSSR count). The Kier molecular flexibility index (Phi) is 1.01. The molecule has 0 unspecified atom stereocenters. The monoisotopic (exact) mass is 205 g/mol. The van der Waals surface area contributed by atoms with Crippen molar-refractivity contribution in [3.05, 3.63) is 47.0 Å². The van der Waals surface area contributed by atoms with Gasteiger partial charge in [-0.2, -0.15) is 5.26 Å². The van der Waals surface area contributed by atoms with Crippen LogP contribution in [0.3, 0.4) is 0 Å². The number of nitrogens with zero attached hydrogens (tertiary/aromatic N) is 1. The number of rotatable bonds is 0. The third-order valence-corrected chi connectivity index (χ3v) is 5.34. The molecule has 0 aromatic heterocycles. The van der Waals surface area contributed by atoms with E-state index in [1.54, 1.807) is 5.56 Å². The average Bonchev–Trinajstić information content (AvgIpc) is 2.81. The van der Waals surface area contributed by atoms with Crippen molar-refractivity contribution in [3.8, 4) is 6.07 Å². The summed E-state index contributed by atoms with van der Waals surface area (Å²) in [4.78, 5) is 0. The smallest absolute Gasteiger partial charge is 0.0991 e. The summed E-state index contributed by atoms with van der Waals surface area (Å²) in [7, 11) is 0. The Labute approximate surface area is 94.4 Å². The largest absolute Gasteiger partial charge is 0.192 e. The van der Waals surface area contributed by atoms with Crippen molar-refractivity contribution >= 4 is 0 Å². The van der Waals surface area contributed by atoms with E-state index >= 15 is 0 Å². The molecule has 6 atom stereocenters. The van der Waals surface area contributed by atoms with Crippen LogP contribution in [0.25, 0.3) is 0 Å². The molecule has 0 saturated heterocycles. The molecule has 4 aliphatic rings. The van der Waals surface area contributed by atoms with Gasteiger partial charge in [0, 0.05) is 0 Å². The first-order valence-corrected chi connectivity index (χ1v) is 6.12. The molecule has 1 aromatic rings. The standard InChI is InChI=1S/C15H11N/c16-6-7-1-2-10-11(5-7)12-8-3-4-9(8)13-14(10)15(12)13/h1-5,8-9,12-15H/t8-,9+,12+,13-,14-,15-/m1/s1. The van der Waals surface area contributed by atoms with Crippen molar-refractivity contribution in [1.82, 2.24) is 0 Å². The zero-order valence-corrected chi connectivity index (χ0v) is 8.80. The highest BCUT2D eigenvalue weighted by Gasteiger charge is 2.71. The lowest BCUT2D eigenvalue weighted by molar-refractivity contribution is 0.398. The molecule has 0 spiro atoms. The molecule has 1 heteroatoms. The Morgan fingerprint density at radius 3 is 2.56 bits per heavy atom. The minimum Gasteiger partial charge on any atom is -0.192 e. The van der Waals surface area contributed by atoms with Crippen molar-refractivity contribution in [3.63, 3.8) is 0 Å². The number of hydrogen-bond acceptors (Lipinski definition) is 1. The van der Waals surface area contributed by atoms with Gasteiger partial charge in [0.2, 0.25) is 0 Å². The maximum atomic E-state index is 8.98. The molecule has 0 N–H and O–H groups in total. The fourth-order valence-corrected chi connectivity index (χ4v) is 4.75. The van der Waals surface area contributed by atoms with Gasteiger partial charge in [-0.3, -0.25) is 0 Å².